The first kappa shape index (κ1) is 18.5. The Morgan fingerprint density at radius 1 is 1.15 bits per heavy atom. The highest BCUT2D eigenvalue weighted by Crippen LogP contribution is 2.19. The molecule has 1 aliphatic heterocycles. The van der Waals surface area contributed by atoms with Gasteiger partial charge < -0.3 is 14.2 Å². The number of carbonyl (C=O) groups is 1. The molecule has 0 spiro atoms. The molecule has 2 aromatic rings. The van der Waals surface area contributed by atoms with E-state index in [1.54, 1.807) is 0 Å². The maximum atomic E-state index is 12.4. The smallest absolute Gasteiger partial charge is 0.226 e. The molecule has 2 heterocycles. The van der Waals surface area contributed by atoms with Gasteiger partial charge in [-0.2, -0.15) is 0 Å². The Kier molecular flexibility index (Phi) is 5.93. The molecule has 1 aliphatic rings. The number of aryl methyl sites for hydroxylation is 3. The Hall–Kier alpha value is -2.34. The van der Waals surface area contributed by atoms with Gasteiger partial charge in [-0.1, -0.05) is 17.3 Å². The van der Waals surface area contributed by atoms with Gasteiger partial charge in [0.05, 0.1) is 25.3 Å². The Labute approximate surface area is 154 Å². The van der Waals surface area contributed by atoms with E-state index >= 15 is 0 Å². The highest BCUT2D eigenvalue weighted by Gasteiger charge is 2.21. The zero-order valence-electron chi connectivity index (χ0n) is 15.8. The normalized spacial score (nSPS) is 15.3. The van der Waals surface area contributed by atoms with E-state index in [2.05, 4.69) is 16.1 Å². The molecule has 0 unspecified atom stereocenters. The lowest BCUT2D eigenvalue weighted by molar-refractivity contribution is -0.133. The summed E-state index contributed by atoms with van der Waals surface area (Å²) in [5, 5.41) is 3.92. The first-order valence-electron chi connectivity index (χ1n) is 9.13. The maximum Gasteiger partial charge on any atom is 0.226 e. The van der Waals surface area contributed by atoms with Crippen molar-refractivity contribution in [2.75, 3.05) is 32.8 Å². The van der Waals surface area contributed by atoms with Gasteiger partial charge in [0.15, 0.2) is 5.76 Å². The molecule has 0 N–H and O–H groups in total. The summed E-state index contributed by atoms with van der Waals surface area (Å²) in [6.45, 7) is 10.3. The Morgan fingerprint density at radius 2 is 1.92 bits per heavy atom. The summed E-state index contributed by atoms with van der Waals surface area (Å²) < 4.78 is 11.1. The third-order valence-electron chi connectivity index (χ3n) is 4.70. The number of ether oxygens (including phenoxy) is 1. The van der Waals surface area contributed by atoms with Gasteiger partial charge in [0.1, 0.15) is 5.75 Å². The molecule has 6 nitrogen and oxygen atoms in total. The zero-order chi connectivity index (χ0) is 18.5. The number of rotatable bonds is 6. The lowest BCUT2D eigenvalue weighted by atomic mass is 10.1. The van der Waals surface area contributed by atoms with Crippen LogP contribution in [0.4, 0.5) is 0 Å². The van der Waals surface area contributed by atoms with Crippen molar-refractivity contribution >= 4 is 5.91 Å². The molecule has 0 bridgehead atoms. The van der Waals surface area contributed by atoms with E-state index in [0.717, 1.165) is 61.1 Å². The highest BCUT2D eigenvalue weighted by atomic mass is 16.5. The van der Waals surface area contributed by atoms with Crippen molar-refractivity contribution in [3.8, 4) is 5.75 Å². The van der Waals surface area contributed by atoms with E-state index in [0.29, 0.717) is 13.0 Å². The fourth-order valence-electron chi connectivity index (χ4n) is 3.14. The summed E-state index contributed by atoms with van der Waals surface area (Å²) in [7, 11) is 0. The number of hydrogen-bond donors (Lipinski definition) is 0. The molecule has 1 saturated heterocycles. The first-order valence-corrected chi connectivity index (χ1v) is 9.13. The standard InChI is InChI=1S/C20H27N3O3/c1-15-4-5-16(2)19(12-15)25-11-6-20(24)23-9-7-22(8-10-23)14-18-13-17(3)21-26-18/h4-5,12-13H,6-11,14H2,1-3H3. The van der Waals surface area contributed by atoms with E-state index < -0.39 is 0 Å². The number of carbonyl (C=O) groups excluding carboxylic acids is 1. The van der Waals surface area contributed by atoms with E-state index in [9.17, 15) is 4.79 Å². The number of aromatic nitrogens is 1. The predicted octanol–water partition coefficient (Wildman–Crippen LogP) is 2.71. The van der Waals surface area contributed by atoms with Gasteiger partial charge in [-0.15, -0.1) is 0 Å². The third-order valence-corrected chi connectivity index (χ3v) is 4.70. The summed E-state index contributed by atoms with van der Waals surface area (Å²) in [5.41, 5.74) is 3.16. The van der Waals surface area contributed by atoms with Crippen LogP contribution in [0.25, 0.3) is 0 Å². The summed E-state index contributed by atoms with van der Waals surface area (Å²) in [6, 6.07) is 8.08. The van der Waals surface area contributed by atoms with Gasteiger partial charge in [0.25, 0.3) is 0 Å². The molecule has 6 heteroatoms. The zero-order valence-corrected chi connectivity index (χ0v) is 15.8. The molecule has 0 aliphatic carbocycles. The van der Waals surface area contributed by atoms with E-state index in [1.807, 2.05) is 43.9 Å². The fourth-order valence-corrected chi connectivity index (χ4v) is 3.14. The van der Waals surface area contributed by atoms with Gasteiger partial charge >= 0.3 is 0 Å². The van der Waals surface area contributed by atoms with Crippen LogP contribution in [0.3, 0.4) is 0 Å². The number of piperazine rings is 1. The van der Waals surface area contributed by atoms with E-state index in [-0.39, 0.29) is 5.91 Å². The molecular weight excluding hydrogens is 330 g/mol. The van der Waals surface area contributed by atoms with Gasteiger partial charge in [0.2, 0.25) is 5.91 Å². The topological polar surface area (TPSA) is 58.8 Å². The molecule has 1 aromatic heterocycles. The summed E-state index contributed by atoms with van der Waals surface area (Å²) in [4.78, 5) is 16.6. The van der Waals surface area contributed by atoms with Crippen molar-refractivity contribution in [3.05, 3.63) is 46.8 Å². The highest BCUT2D eigenvalue weighted by molar-refractivity contribution is 5.76. The van der Waals surface area contributed by atoms with Crippen LogP contribution >= 0.6 is 0 Å². The van der Waals surface area contributed by atoms with Gasteiger partial charge in [-0.05, 0) is 38.0 Å². The van der Waals surface area contributed by atoms with Gasteiger partial charge in [-0.25, -0.2) is 0 Å². The molecule has 1 fully saturated rings. The first-order chi connectivity index (χ1) is 12.5. The fraction of sp³-hybridized carbons (Fsp3) is 0.500. The minimum Gasteiger partial charge on any atom is -0.493 e. The molecule has 0 atom stereocenters. The van der Waals surface area contributed by atoms with Gasteiger partial charge in [-0.3, -0.25) is 9.69 Å². The second-order valence-corrected chi connectivity index (χ2v) is 6.96. The number of nitrogens with zero attached hydrogens (tertiary/aromatic N) is 3. The second-order valence-electron chi connectivity index (χ2n) is 6.96. The Bertz CT molecular complexity index is 749. The van der Waals surface area contributed by atoms with Crippen LogP contribution in [0.2, 0.25) is 0 Å². The molecule has 0 saturated carbocycles. The molecule has 140 valence electrons. The minimum absolute atomic E-state index is 0.158. The third kappa shape index (κ3) is 4.85. The molecule has 3 rings (SSSR count). The number of benzene rings is 1. The monoisotopic (exact) mass is 357 g/mol. The molecule has 1 amide bonds. The average molecular weight is 357 g/mol. The SMILES string of the molecule is Cc1ccc(C)c(OCCC(=O)N2CCN(Cc3cc(C)no3)CC2)c1. The summed E-state index contributed by atoms with van der Waals surface area (Å²) >= 11 is 0. The van der Waals surface area contributed by atoms with Gasteiger partial charge in [0, 0.05) is 32.2 Å². The second kappa shape index (κ2) is 8.36. The van der Waals surface area contributed by atoms with E-state index in [4.69, 9.17) is 9.26 Å². The van der Waals surface area contributed by atoms with Crippen molar-refractivity contribution in [2.45, 2.75) is 33.7 Å². The Balaban J connectivity index is 1.40. The number of amides is 1. The largest absolute Gasteiger partial charge is 0.493 e. The van der Waals surface area contributed by atoms with Crippen LogP contribution in [0, 0.1) is 20.8 Å². The molecular formula is C20H27N3O3. The van der Waals surface area contributed by atoms with Crippen molar-refractivity contribution < 1.29 is 14.1 Å². The van der Waals surface area contributed by atoms with Crippen molar-refractivity contribution in [2.24, 2.45) is 0 Å². The quantitative estimate of drug-likeness (QED) is 0.796. The average Bonchev–Trinajstić information content (AvgIpc) is 3.03. The number of hydrogen-bond acceptors (Lipinski definition) is 5. The maximum absolute atomic E-state index is 12.4. The van der Waals surface area contributed by atoms with Crippen LogP contribution in [-0.2, 0) is 11.3 Å². The lowest BCUT2D eigenvalue weighted by Crippen LogP contribution is -2.48. The molecule has 0 radical (unpaired) electrons. The van der Waals surface area contributed by atoms with Crippen LogP contribution in [0.1, 0.15) is 29.0 Å². The van der Waals surface area contributed by atoms with Crippen LogP contribution < -0.4 is 4.74 Å². The minimum atomic E-state index is 0.158. The molecule has 1 aromatic carbocycles. The van der Waals surface area contributed by atoms with Crippen molar-refractivity contribution in [1.29, 1.82) is 0 Å². The molecule has 26 heavy (non-hydrogen) atoms. The predicted molar refractivity (Wildman–Crippen MR) is 99.1 cm³/mol. The van der Waals surface area contributed by atoms with Crippen LogP contribution in [0.15, 0.2) is 28.8 Å². The van der Waals surface area contributed by atoms with Crippen molar-refractivity contribution in [3.63, 3.8) is 0 Å². The van der Waals surface area contributed by atoms with Crippen LogP contribution in [0.5, 0.6) is 5.75 Å². The van der Waals surface area contributed by atoms with E-state index in [1.165, 1.54) is 0 Å². The summed E-state index contributed by atoms with van der Waals surface area (Å²) in [6.07, 6.45) is 0.411. The Morgan fingerprint density at radius 3 is 2.62 bits per heavy atom. The lowest BCUT2D eigenvalue weighted by Gasteiger charge is -2.34. The van der Waals surface area contributed by atoms with Crippen molar-refractivity contribution in [1.82, 2.24) is 15.0 Å². The van der Waals surface area contributed by atoms with Crippen LogP contribution in [-0.4, -0.2) is 53.6 Å². The summed E-state index contributed by atoms with van der Waals surface area (Å²) in [5.74, 6) is 1.90.